The third-order valence-corrected chi connectivity index (χ3v) is 18.0. The van der Waals surface area contributed by atoms with Crippen molar-refractivity contribution in [3.8, 4) is 0 Å². The van der Waals surface area contributed by atoms with Crippen LogP contribution >= 0.6 is 21.6 Å². The first-order valence-electron chi connectivity index (χ1n) is 16.2. The quantitative estimate of drug-likeness (QED) is 0.0499. The summed E-state index contributed by atoms with van der Waals surface area (Å²) >= 11 is 0. The summed E-state index contributed by atoms with van der Waals surface area (Å²) in [6.45, 7) is 15.8. The zero-order valence-electron chi connectivity index (χ0n) is 25.5. The van der Waals surface area contributed by atoms with E-state index in [4.69, 9.17) is 9.47 Å². The minimum absolute atomic E-state index is 0.563. The molecule has 0 N–H and O–H groups in total. The molecule has 0 heterocycles. The van der Waals surface area contributed by atoms with Crippen molar-refractivity contribution in [2.24, 2.45) is 0 Å². The van der Waals surface area contributed by atoms with E-state index in [1.807, 2.05) is 0 Å². The van der Waals surface area contributed by atoms with Gasteiger partial charge in [0, 0.05) is 24.7 Å². The van der Waals surface area contributed by atoms with E-state index in [2.05, 4.69) is 63.1 Å². The highest BCUT2D eigenvalue weighted by Crippen LogP contribution is 2.30. The standard InChI is InChI=1S/C30H66O2S2Si2/c1-7-13-17-23-35(24-18-14-8-2)29(31-21-11-5)27-33-34-28-30(32-22-12-6)36(25-19-15-9-3)26-20-16-10-4/h29-30,35-36H,7-28H2,1-6H3. The van der Waals surface area contributed by atoms with Gasteiger partial charge in [-0.05, 0) is 12.8 Å². The van der Waals surface area contributed by atoms with Crippen LogP contribution < -0.4 is 0 Å². The molecule has 36 heavy (non-hydrogen) atoms. The van der Waals surface area contributed by atoms with Crippen LogP contribution in [0, 0.1) is 0 Å². The molecule has 0 saturated carbocycles. The smallest absolute Gasteiger partial charge is 0.0728 e. The van der Waals surface area contributed by atoms with E-state index in [1.54, 1.807) is 0 Å². The Morgan fingerprint density at radius 3 is 1.00 bits per heavy atom. The maximum absolute atomic E-state index is 6.57. The Balaban J connectivity index is 5.01. The van der Waals surface area contributed by atoms with Gasteiger partial charge < -0.3 is 9.47 Å². The maximum Gasteiger partial charge on any atom is 0.0728 e. The lowest BCUT2D eigenvalue weighted by Crippen LogP contribution is -2.36. The van der Waals surface area contributed by atoms with Gasteiger partial charge >= 0.3 is 0 Å². The molecule has 0 aliphatic carbocycles. The number of rotatable bonds is 29. The fourth-order valence-electron chi connectivity index (χ4n) is 5.07. The van der Waals surface area contributed by atoms with Crippen molar-refractivity contribution in [3.05, 3.63) is 0 Å². The monoisotopic (exact) mass is 578 g/mol. The van der Waals surface area contributed by atoms with E-state index in [0.717, 1.165) is 26.1 Å². The maximum atomic E-state index is 6.57. The molecule has 218 valence electrons. The molecule has 0 aromatic heterocycles. The van der Waals surface area contributed by atoms with Gasteiger partial charge in [0.2, 0.25) is 0 Å². The predicted octanol–water partition coefficient (Wildman–Crippen LogP) is 10.3. The van der Waals surface area contributed by atoms with Crippen LogP contribution in [0.1, 0.15) is 131 Å². The SMILES string of the molecule is CCCCC[SiH](CCCCC)C(CSSCC(OCCC)[SiH](CCCCC)CCCCC)OCCC. The summed E-state index contributed by atoms with van der Waals surface area (Å²) in [4.78, 5) is 0. The van der Waals surface area contributed by atoms with Crippen LogP contribution in [-0.2, 0) is 9.47 Å². The molecule has 0 aromatic rings. The van der Waals surface area contributed by atoms with Crippen LogP contribution in [0.2, 0.25) is 24.2 Å². The highest BCUT2D eigenvalue weighted by molar-refractivity contribution is 8.76. The highest BCUT2D eigenvalue weighted by atomic mass is 33.1. The largest absolute Gasteiger partial charge is 0.381 e. The number of hydrogen-bond donors (Lipinski definition) is 0. The van der Waals surface area contributed by atoms with Gasteiger partial charge in [0.15, 0.2) is 0 Å². The lowest BCUT2D eigenvalue weighted by Gasteiger charge is -2.28. The highest BCUT2D eigenvalue weighted by Gasteiger charge is 2.26. The van der Waals surface area contributed by atoms with Gasteiger partial charge in [-0.15, -0.1) is 0 Å². The summed E-state index contributed by atoms with van der Waals surface area (Å²) in [7, 11) is 2.51. The number of hydrogen-bond acceptors (Lipinski definition) is 4. The molecule has 0 rings (SSSR count). The normalized spacial score (nSPS) is 13.7. The Morgan fingerprint density at radius 2 is 0.750 bits per heavy atom. The van der Waals surface area contributed by atoms with E-state index in [1.165, 1.54) is 113 Å². The Kier molecular flexibility index (Phi) is 29.9. The van der Waals surface area contributed by atoms with E-state index in [9.17, 15) is 0 Å². The van der Waals surface area contributed by atoms with Crippen molar-refractivity contribution in [3.63, 3.8) is 0 Å². The summed E-state index contributed by atoms with van der Waals surface area (Å²) in [5, 5.41) is 0. The fraction of sp³-hybridized carbons (Fsp3) is 1.00. The average Bonchev–Trinajstić information content (AvgIpc) is 2.89. The van der Waals surface area contributed by atoms with Gasteiger partial charge in [-0.1, -0.05) is 164 Å². The van der Waals surface area contributed by atoms with Crippen molar-refractivity contribution in [2.75, 3.05) is 24.7 Å². The van der Waals surface area contributed by atoms with E-state index < -0.39 is 17.6 Å². The Labute approximate surface area is 239 Å². The molecular formula is C30H66O2S2Si2. The van der Waals surface area contributed by atoms with Crippen LogP contribution in [0.4, 0.5) is 0 Å². The van der Waals surface area contributed by atoms with Crippen LogP contribution in [0.5, 0.6) is 0 Å². The molecule has 6 heteroatoms. The predicted molar refractivity (Wildman–Crippen MR) is 177 cm³/mol. The molecule has 0 aromatic carbocycles. The minimum Gasteiger partial charge on any atom is -0.381 e. The Morgan fingerprint density at radius 1 is 0.444 bits per heavy atom. The van der Waals surface area contributed by atoms with Crippen LogP contribution in [0.3, 0.4) is 0 Å². The Hall–Kier alpha value is 1.05. The third kappa shape index (κ3) is 20.9. The summed E-state index contributed by atoms with van der Waals surface area (Å²) in [5.41, 5.74) is 1.13. The lowest BCUT2D eigenvalue weighted by atomic mass is 10.3. The molecule has 2 nitrogen and oxygen atoms in total. The van der Waals surface area contributed by atoms with Crippen LogP contribution in [-0.4, -0.2) is 53.8 Å². The summed E-state index contributed by atoms with van der Waals surface area (Å²) < 4.78 is 13.1. The molecular weight excluding hydrogens is 513 g/mol. The van der Waals surface area contributed by atoms with Crippen molar-refractivity contribution < 1.29 is 9.47 Å². The summed E-state index contributed by atoms with van der Waals surface area (Å²) in [6.07, 6.45) is 19.0. The molecule has 0 aliphatic heterocycles. The first kappa shape index (κ1) is 37.1. The Bertz CT molecular complexity index is 374. The molecule has 2 unspecified atom stereocenters. The second-order valence-electron chi connectivity index (χ2n) is 10.9. The van der Waals surface area contributed by atoms with Crippen molar-refractivity contribution in [1.29, 1.82) is 0 Å². The molecule has 2 atom stereocenters. The van der Waals surface area contributed by atoms with Gasteiger partial charge in [0.1, 0.15) is 0 Å². The van der Waals surface area contributed by atoms with Gasteiger partial charge in [-0.25, -0.2) is 0 Å². The summed E-state index contributed by atoms with van der Waals surface area (Å²) in [5.74, 6) is 2.41. The van der Waals surface area contributed by atoms with Crippen LogP contribution in [0.15, 0.2) is 0 Å². The fourth-order valence-corrected chi connectivity index (χ4v) is 16.8. The molecule has 0 saturated heterocycles. The van der Waals surface area contributed by atoms with Gasteiger partial charge in [-0.3, -0.25) is 0 Å². The molecule has 0 radical (unpaired) electrons. The topological polar surface area (TPSA) is 18.5 Å². The molecule has 0 spiro atoms. The van der Waals surface area contributed by atoms with Gasteiger partial charge in [0.25, 0.3) is 0 Å². The lowest BCUT2D eigenvalue weighted by molar-refractivity contribution is 0.116. The second-order valence-corrected chi connectivity index (χ2v) is 20.3. The molecule has 0 bridgehead atoms. The van der Waals surface area contributed by atoms with Crippen molar-refractivity contribution in [2.45, 2.75) is 167 Å². The zero-order chi connectivity index (χ0) is 26.7. The van der Waals surface area contributed by atoms with Gasteiger partial charge in [-0.2, -0.15) is 0 Å². The molecule has 0 aliphatic rings. The zero-order valence-corrected chi connectivity index (χ0v) is 29.4. The minimum atomic E-state index is -0.866. The van der Waals surface area contributed by atoms with E-state index >= 15 is 0 Å². The number of ether oxygens (including phenoxy) is 2. The first-order valence-corrected chi connectivity index (χ1v) is 23.2. The third-order valence-electron chi connectivity index (χ3n) is 7.39. The van der Waals surface area contributed by atoms with Crippen molar-refractivity contribution in [1.82, 2.24) is 0 Å². The van der Waals surface area contributed by atoms with Crippen LogP contribution in [0.25, 0.3) is 0 Å². The average molecular weight is 579 g/mol. The number of unbranched alkanes of at least 4 members (excludes halogenated alkanes) is 8. The van der Waals surface area contributed by atoms with Crippen molar-refractivity contribution >= 4 is 39.2 Å². The summed E-state index contributed by atoms with van der Waals surface area (Å²) in [6, 6.07) is 5.96. The van der Waals surface area contributed by atoms with Gasteiger partial charge in [0.05, 0.1) is 29.0 Å². The molecule has 0 fully saturated rings. The molecule has 0 amide bonds. The van der Waals surface area contributed by atoms with E-state index in [0.29, 0.717) is 11.5 Å². The van der Waals surface area contributed by atoms with E-state index in [-0.39, 0.29) is 0 Å². The first-order chi connectivity index (χ1) is 17.7. The second kappa shape index (κ2) is 29.0.